The third-order valence-corrected chi connectivity index (χ3v) is 6.53. The van der Waals surface area contributed by atoms with Crippen molar-refractivity contribution in [3.05, 3.63) is 83.8 Å². The molecule has 4 aromatic rings. The fraction of sp³-hybridized carbons (Fsp3) is 0.276. The van der Waals surface area contributed by atoms with Gasteiger partial charge in [0.1, 0.15) is 24.0 Å². The summed E-state index contributed by atoms with van der Waals surface area (Å²) >= 11 is 0. The maximum absolute atomic E-state index is 13.5. The fourth-order valence-electron chi connectivity index (χ4n) is 4.66. The number of rotatable bonds is 5. The Bertz CT molecular complexity index is 1470. The molecule has 0 spiro atoms. The molecule has 2 aromatic carbocycles. The Morgan fingerprint density at radius 3 is 2.81 bits per heavy atom. The summed E-state index contributed by atoms with van der Waals surface area (Å²) in [4.78, 5) is 23.9. The van der Waals surface area contributed by atoms with Crippen LogP contribution in [0.25, 0.3) is 16.8 Å². The lowest BCUT2D eigenvalue weighted by Crippen LogP contribution is -2.38. The summed E-state index contributed by atoms with van der Waals surface area (Å²) in [5, 5.41) is 0. The highest BCUT2D eigenvalue weighted by atomic mass is 19.1. The lowest BCUT2D eigenvalue weighted by Gasteiger charge is -2.33. The van der Waals surface area contributed by atoms with E-state index in [2.05, 4.69) is 16.8 Å². The predicted octanol–water partition coefficient (Wildman–Crippen LogP) is 5.50. The molecule has 182 valence electrons. The quantitative estimate of drug-likeness (QED) is 0.353. The monoisotopic (exact) mass is 482 g/mol. The summed E-state index contributed by atoms with van der Waals surface area (Å²) in [5.74, 6) is 6.48. The molecular formula is C29H27FN4O2. The number of likely N-dealkylation sites (tertiary alicyclic amines) is 1. The van der Waals surface area contributed by atoms with Crippen LogP contribution in [0.2, 0.25) is 0 Å². The van der Waals surface area contributed by atoms with Gasteiger partial charge in [0, 0.05) is 24.5 Å². The Hall–Kier alpha value is -4.18. The first-order chi connectivity index (χ1) is 17.5. The van der Waals surface area contributed by atoms with E-state index in [1.54, 1.807) is 38.4 Å². The molecule has 0 N–H and O–H groups in total. The summed E-state index contributed by atoms with van der Waals surface area (Å²) in [6.45, 7) is 4.45. The predicted molar refractivity (Wildman–Crippen MR) is 136 cm³/mol. The van der Waals surface area contributed by atoms with Crippen molar-refractivity contribution in [3.63, 3.8) is 0 Å². The Labute approximate surface area is 209 Å². The van der Waals surface area contributed by atoms with E-state index in [9.17, 15) is 9.18 Å². The highest BCUT2D eigenvalue weighted by Crippen LogP contribution is 2.34. The van der Waals surface area contributed by atoms with Crippen LogP contribution in [0.5, 0.6) is 5.75 Å². The topological polar surface area (TPSA) is 59.7 Å². The van der Waals surface area contributed by atoms with E-state index < -0.39 is 0 Å². The standard InChI is InChI=1S/C29H27FN4O2/c1-3-6-27(35)33-15-5-4-7-25(33)29-32-28(26-18-31-14-16-34(26)29)22-10-8-21(9-11-22)19-36-23-12-13-24(30)20(2)17-23/h8-14,16-18,25H,4-5,7,15,19H2,1-2H3/t25-/m0/s1. The maximum atomic E-state index is 13.5. The molecule has 1 atom stereocenters. The van der Waals surface area contributed by atoms with Crippen molar-refractivity contribution in [2.45, 2.75) is 45.8 Å². The average Bonchev–Trinajstić information content (AvgIpc) is 3.29. The number of imidazole rings is 1. The number of carbonyl (C=O) groups is 1. The number of nitrogens with zero attached hydrogens (tertiary/aromatic N) is 4. The minimum atomic E-state index is -0.244. The zero-order chi connectivity index (χ0) is 25.1. The van der Waals surface area contributed by atoms with Gasteiger partial charge in [-0.2, -0.15) is 0 Å². The van der Waals surface area contributed by atoms with Crippen molar-refractivity contribution in [3.8, 4) is 28.8 Å². The van der Waals surface area contributed by atoms with Gasteiger partial charge in [0.15, 0.2) is 0 Å². The number of aryl methyl sites for hydroxylation is 1. The lowest BCUT2D eigenvalue weighted by molar-refractivity contribution is -0.129. The number of piperidine rings is 1. The van der Waals surface area contributed by atoms with Crippen molar-refractivity contribution >= 4 is 11.4 Å². The van der Waals surface area contributed by atoms with E-state index in [1.165, 1.54) is 6.07 Å². The Morgan fingerprint density at radius 1 is 1.19 bits per heavy atom. The second kappa shape index (κ2) is 10.2. The van der Waals surface area contributed by atoms with Crippen molar-refractivity contribution in [1.82, 2.24) is 19.3 Å². The molecule has 1 fully saturated rings. The third kappa shape index (κ3) is 4.67. The second-order valence-corrected chi connectivity index (χ2v) is 8.93. The molecule has 5 rings (SSSR count). The molecule has 0 radical (unpaired) electrons. The van der Waals surface area contributed by atoms with E-state index in [-0.39, 0.29) is 17.8 Å². The van der Waals surface area contributed by atoms with Crippen LogP contribution in [-0.4, -0.2) is 31.7 Å². The van der Waals surface area contributed by atoms with Crippen LogP contribution >= 0.6 is 0 Å². The van der Waals surface area contributed by atoms with Crippen molar-refractivity contribution < 1.29 is 13.9 Å². The summed E-state index contributed by atoms with van der Waals surface area (Å²) in [5.41, 5.74) is 4.20. The maximum Gasteiger partial charge on any atom is 0.299 e. The van der Waals surface area contributed by atoms with Gasteiger partial charge in [-0.15, -0.1) is 0 Å². The highest BCUT2D eigenvalue weighted by molar-refractivity contribution is 5.93. The molecule has 1 amide bonds. The summed E-state index contributed by atoms with van der Waals surface area (Å²) in [6, 6.07) is 12.6. The van der Waals surface area contributed by atoms with E-state index in [0.717, 1.165) is 47.4 Å². The summed E-state index contributed by atoms with van der Waals surface area (Å²) in [7, 11) is 0. The number of hydrogen-bond acceptors (Lipinski definition) is 4. The van der Waals surface area contributed by atoms with Gasteiger partial charge < -0.3 is 9.64 Å². The van der Waals surface area contributed by atoms with E-state index in [4.69, 9.17) is 9.72 Å². The van der Waals surface area contributed by atoms with Crippen LogP contribution in [0.4, 0.5) is 4.39 Å². The number of aromatic nitrogens is 3. The van der Waals surface area contributed by atoms with Gasteiger partial charge in [-0.05, 0) is 68.4 Å². The normalized spacial score (nSPS) is 15.4. The minimum absolute atomic E-state index is 0.136. The Balaban J connectivity index is 1.42. The van der Waals surface area contributed by atoms with E-state index >= 15 is 0 Å². The van der Waals surface area contributed by atoms with Gasteiger partial charge in [-0.25, -0.2) is 9.37 Å². The van der Waals surface area contributed by atoms with Crippen LogP contribution in [-0.2, 0) is 11.4 Å². The van der Waals surface area contributed by atoms with E-state index in [0.29, 0.717) is 24.5 Å². The van der Waals surface area contributed by atoms with Gasteiger partial charge in [0.25, 0.3) is 5.91 Å². The molecule has 1 aliphatic heterocycles. The Morgan fingerprint density at radius 2 is 2.03 bits per heavy atom. The molecule has 1 aliphatic rings. The van der Waals surface area contributed by atoms with Crippen LogP contribution in [0, 0.1) is 24.6 Å². The molecule has 1 saturated heterocycles. The van der Waals surface area contributed by atoms with Crippen LogP contribution in [0.15, 0.2) is 61.1 Å². The van der Waals surface area contributed by atoms with Crippen LogP contribution < -0.4 is 4.74 Å². The third-order valence-electron chi connectivity index (χ3n) is 6.53. The summed E-state index contributed by atoms with van der Waals surface area (Å²) < 4.78 is 21.4. The Kier molecular flexibility index (Phi) is 6.68. The van der Waals surface area contributed by atoms with Gasteiger partial charge in [0.05, 0.1) is 23.4 Å². The first kappa shape index (κ1) is 23.6. The number of benzene rings is 2. The minimum Gasteiger partial charge on any atom is -0.489 e. The molecule has 2 aromatic heterocycles. The average molecular weight is 483 g/mol. The second-order valence-electron chi connectivity index (χ2n) is 8.93. The van der Waals surface area contributed by atoms with Crippen molar-refractivity contribution in [1.29, 1.82) is 0 Å². The van der Waals surface area contributed by atoms with Crippen molar-refractivity contribution in [2.24, 2.45) is 0 Å². The lowest BCUT2D eigenvalue weighted by atomic mass is 10.0. The molecule has 6 nitrogen and oxygen atoms in total. The molecule has 0 unspecified atom stereocenters. The molecule has 0 bridgehead atoms. The SMILES string of the molecule is CC#CC(=O)N1CCCC[C@H]1c1nc(-c2ccc(COc3ccc(F)c(C)c3)cc2)c2cnccn12. The molecule has 36 heavy (non-hydrogen) atoms. The van der Waals surface area contributed by atoms with Gasteiger partial charge in [-0.3, -0.25) is 14.2 Å². The summed E-state index contributed by atoms with van der Waals surface area (Å²) in [6.07, 6.45) is 8.28. The van der Waals surface area contributed by atoms with Crippen LogP contribution in [0.3, 0.4) is 0 Å². The number of carbonyl (C=O) groups excluding carboxylic acids is 1. The first-order valence-electron chi connectivity index (χ1n) is 12.1. The smallest absolute Gasteiger partial charge is 0.299 e. The van der Waals surface area contributed by atoms with Gasteiger partial charge in [0.2, 0.25) is 0 Å². The van der Waals surface area contributed by atoms with Crippen molar-refractivity contribution in [2.75, 3.05) is 6.54 Å². The number of halogens is 1. The number of ether oxygens (including phenoxy) is 1. The zero-order valence-electron chi connectivity index (χ0n) is 20.4. The zero-order valence-corrected chi connectivity index (χ0v) is 20.4. The number of fused-ring (bicyclic) bond motifs is 1. The number of hydrogen-bond donors (Lipinski definition) is 0. The molecule has 7 heteroatoms. The van der Waals surface area contributed by atoms with Gasteiger partial charge >= 0.3 is 0 Å². The first-order valence-corrected chi connectivity index (χ1v) is 12.1. The molecule has 0 saturated carbocycles. The molecule has 0 aliphatic carbocycles. The highest BCUT2D eigenvalue weighted by Gasteiger charge is 2.31. The molecular weight excluding hydrogens is 455 g/mol. The largest absolute Gasteiger partial charge is 0.489 e. The molecule has 3 heterocycles. The fourth-order valence-corrected chi connectivity index (χ4v) is 4.66. The number of amides is 1. The van der Waals surface area contributed by atoms with Gasteiger partial charge in [-0.1, -0.05) is 30.2 Å². The van der Waals surface area contributed by atoms with E-state index in [1.807, 2.05) is 39.8 Å². The van der Waals surface area contributed by atoms with Crippen LogP contribution in [0.1, 0.15) is 49.2 Å².